The molecular weight excluding hydrogens is 355 g/mol. The van der Waals surface area contributed by atoms with Gasteiger partial charge in [0.2, 0.25) is 0 Å². The summed E-state index contributed by atoms with van der Waals surface area (Å²) < 4.78 is 35.3. The van der Waals surface area contributed by atoms with E-state index in [1.54, 1.807) is 12.1 Å². The monoisotopic (exact) mass is 360 g/mol. The van der Waals surface area contributed by atoms with Gasteiger partial charge in [-0.25, -0.2) is 8.42 Å². The van der Waals surface area contributed by atoms with Crippen molar-refractivity contribution in [2.45, 2.75) is 4.90 Å². The van der Waals surface area contributed by atoms with Gasteiger partial charge >= 0.3 is 0 Å². The van der Waals surface area contributed by atoms with Crippen LogP contribution in [0.3, 0.4) is 0 Å². The maximum atomic E-state index is 12.4. The first-order valence-corrected chi connectivity index (χ1v) is 8.49. The molecule has 0 fully saturated rings. The zero-order valence-corrected chi connectivity index (χ0v) is 13.3. The van der Waals surface area contributed by atoms with Gasteiger partial charge in [0.05, 0.1) is 27.5 Å². The van der Waals surface area contributed by atoms with Gasteiger partial charge in [0.25, 0.3) is 10.0 Å². The summed E-state index contributed by atoms with van der Waals surface area (Å²) in [5.74, 6) is 0. The fourth-order valence-electron chi connectivity index (χ4n) is 1.67. The number of nitrogens with zero attached hydrogens (tertiary/aromatic N) is 3. The second kappa shape index (κ2) is 5.38. The van der Waals surface area contributed by atoms with E-state index < -0.39 is 10.0 Å². The summed E-state index contributed by atoms with van der Waals surface area (Å²) in [5, 5.41) is 0.288. The Kier molecular flexibility index (Phi) is 3.70. The molecule has 1 N–H and O–H groups in total. The van der Waals surface area contributed by atoms with Crippen molar-refractivity contribution < 1.29 is 8.42 Å². The van der Waals surface area contributed by atoms with Gasteiger partial charge in [-0.3, -0.25) is 9.71 Å². The molecule has 3 aromatic rings. The lowest BCUT2D eigenvalue weighted by molar-refractivity contribution is 0.601. The minimum atomic E-state index is -3.93. The molecule has 2 aromatic heterocycles. The highest BCUT2D eigenvalue weighted by Gasteiger charge is 2.21. The van der Waals surface area contributed by atoms with Gasteiger partial charge in [0.1, 0.15) is 15.9 Å². The van der Waals surface area contributed by atoms with Crippen molar-refractivity contribution in [3.05, 3.63) is 40.6 Å². The number of nitrogens with one attached hydrogen (secondary N) is 1. The zero-order valence-electron chi connectivity index (χ0n) is 10.1. The third-order valence-electron chi connectivity index (χ3n) is 2.64. The lowest BCUT2D eigenvalue weighted by atomic mass is 10.3. The van der Waals surface area contributed by atoms with Crippen molar-refractivity contribution in [3.8, 4) is 0 Å². The molecule has 0 radical (unpaired) electrons. The Bertz CT molecular complexity index is 927. The third kappa shape index (κ3) is 2.67. The van der Waals surface area contributed by atoms with Crippen molar-refractivity contribution in [2.75, 3.05) is 4.72 Å². The largest absolute Gasteiger partial charge is 0.276 e. The van der Waals surface area contributed by atoms with E-state index in [0.717, 1.165) is 17.9 Å². The topological polar surface area (TPSA) is 84.8 Å². The molecule has 0 spiro atoms. The minimum Gasteiger partial charge on any atom is -0.276 e. The van der Waals surface area contributed by atoms with Gasteiger partial charge in [-0.2, -0.15) is 8.75 Å². The highest BCUT2D eigenvalue weighted by atomic mass is 35.5. The molecule has 3 rings (SSSR count). The van der Waals surface area contributed by atoms with E-state index in [-0.39, 0.29) is 20.6 Å². The molecule has 0 aliphatic heterocycles. The molecule has 0 aliphatic carbocycles. The molecule has 0 bridgehead atoms. The summed E-state index contributed by atoms with van der Waals surface area (Å²) in [5.41, 5.74) is 1.11. The number of halogens is 2. The summed E-state index contributed by atoms with van der Waals surface area (Å²) in [6.45, 7) is 0. The fraction of sp³-hybridized carbons (Fsp3) is 0. The van der Waals surface area contributed by atoms with Gasteiger partial charge in [0.15, 0.2) is 0 Å². The van der Waals surface area contributed by atoms with Gasteiger partial charge in [-0.05, 0) is 18.2 Å². The average Bonchev–Trinajstić information content (AvgIpc) is 2.91. The van der Waals surface area contributed by atoms with E-state index in [4.69, 9.17) is 23.2 Å². The minimum absolute atomic E-state index is 0.0669. The number of sulfonamides is 1. The first-order chi connectivity index (χ1) is 9.99. The Morgan fingerprint density at radius 3 is 2.67 bits per heavy atom. The normalized spacial score (nSPS) is 11.7. The van der Waals surface area contributed by atoms with Crippen LogP contribution >= 0.6 is 34.9 Å². The van der Waals surface area contributed by atoms with E-state index in [9.17, 15) is 8.42 Å². The summed E-state index contributed by atoms with van der Waals surface area (Å²) in [6.07, 6.45) is 2.57. The predicted molar refractivity (Wildman–Crippen MR) is 82.5 cm³/mol. The Balaban J connectivity index is 2.12. The van der Waals surface area contributed by atoms with Crippen LogP contribution in [0.2, 0.25) is 10.0 Å². The van der Waals surface area contributed by atoms with Gasteiger partial charge in [-0.15, -0.1) is 0 Å². The molecule has 0 saturated carbocycles. The summed E-state index contributed by atoms with van der Waals surface area (Å²) in [7, 11) is -3.93. The average molecular weight is 361 g/mol. The SMILES string of the molecule is O=S(=O)(Nc1c(Cl)ccc2nsnc12)c1cnccc1Cl. The Labute approximate surface area is 134 Å². The molecule has 108 valence electrons. The van der Waals surface area contributed by atoms with E-state index >= 15 is 0 Å². The number of pyridine rings is 1. The van der Waals surface area contributed by atoms with Crippen molar-refractivity contribution >= 4 is 61.7 Å². The molecule has 0 saturated heterocycles. The van der Waals surface area contributed by atoms with Crippen LogP contribution in [-0.4, -0.2) is 22.1 Å². The molecule has 6 nitrogen and oxygen atoms in total. The molecule has 1 aromatic carbocycles. The fourth-order valence-corrected chi connectivity index (χ4v) is 3.99. The molecule has 0 amide bonds. The van der Waals surface area contributed by atoms with Crippen LogP contribution in [0.15, 0.2) is 35.5 Å². The summed E-state index contributed by atoms with van der Waals surface area (Å²) >= 11 is 12.9. The standard InChI is InChI=1S/C11H6Cl2N4O2S2/c12-6-3-4-14-5-9(6)21(18,19)17-10-7(13)1-2-8-11(10)16-20-15-8/h1-5,17H. The number of aromatic nitrogens is 3. The van der Waals surface area contributed by atoms with Crippen molar-refractivity contribution in [2.24, 2.45) is 0 Å². The van der Waals surface area contributed by atoms with Crippen molar-refractivity contribution in [3.63, 3.8) is 0 Å². The van der Waals surface area contributed by atoms with Crippen LogP contribution in [0.25, 0.3) is 11.0 Å². The number of fused-ring (bicyclic) bond motifs is 1. The number of anilines is 1. The Morgan fingerprint density at radius 2 is 1.90 bits per heavy atom. The lowest BCUT2D eigenvalue weighted by Crippen LogP contribution is -2.14. The van der Waals surface area contributed by atoms with Crippen LogP contribution in [-0.2, 0) is 10.0 Å². The van der Waals surface area contributed by atoms with E-state index in [1.807, 2.05) is 0 Å². The second-order valence-electron chi connectivity index (χ2n) is 3.97. The van der Waals surface area contributed by atoms with Crippen LogP contribution < -0.4 is 4.72 Å². The number of rotatable bonds is 3. The molecule has 21 heavy (non-hydrogen) atoms. The zero-order chi connectivity index (χ0) is 15.0. The van der Waals surface area contributed by atoms with Crippen molar-refractivity contribution in [1.29, 1.82) is 0 Å². The highest BCUT2D eigenvalue weighted by molar-refractivity contribution is 7.92. The first kappa shape index (κ1) is 14.5. The van der Waals surface area contributed by atoms with Gasteiger partial charge in [0, 0.05) is 12.4 Å². The highest BCUT2D eigenvalue weighted by Crippen LogP contribution is 2.32. The Hall–Kier alpha value is -1.48. The molecule has 10 heteroatoms. The first-order valence-electron chi connectivity index (χ1n) is 5.52. The van der Waals surface area contributed by atoms with Crippen LogP contribution in [0.5, 0.6) is 0 Å². The maximum Gasteiger partial charge on any atom is 0.265 e. The van der Waals surface area contributed by atoms with E-state index in [0.29, 0.717) is 11.0 Å². The smallest absolute Gasteiger partial charge is 0.265 e. The molecule has 0 atom stereocenters. The van der Waals surface area contributed by atoms with Crippen LogP contribution in [0, 0.1) is 0 Å². The van der Waals surface area contributed by atoms with Crippen molar-refractivity contribution in [1.82, 2.24) is 13.7 Å². The third-order valence-corrected chi connectivity index (χ3v) is 5.31. The molecule has 2 heterocycles. The quantitative estimate of drug-likeness (QED) is 0.774. The van der Waals surface area contributed by atoms with E-state index in [2.05, 4.69) is 18.5 Å². The van der Waals surface area contributed by atoms with Gasteiger partial charge in [-0.1, -0.05) is 23.2 Å². The van der Waals surface area contributed by atoms with Crippen LogP contribution in [0.1, 0.15) is 0 Å². The lowest BCUT2D eigenvalue weighted by Gasteiger charge is -2.10. The predicted octanol–water partition coefficient (Wildman–Crippen LogP) is 3.19. The Morgan fingerprint density at radius 1 is 1.10 bits per heavy atom. The summed E-state index contributed by atoms with van der Waals surface area (Å²) in [6, 6.07) is 4.60. The molecular formula is C11H6Cl2N4O2S2. The summed E-state index contributed by atoms with van der Waals surface area (Å²) in [4.78, 5) is 3.63. The number of hydrogen-bond donors (Lipinski definition) is 1. The number of benzene rings is 1. The van der Waals surface area contributed by atoms with Gasteiger partial charge < -0.3 is 0 Å². The molecule has 0 aliphatic rings. The molecule has 0 unspecified atom stereocenters. The van der Waals surface area contributed by atoms with Crippen LogP contribution in [0.4, 0.5) is 5.69 Å². The second-order valence-corrected chi connectivity index (χ2v) is 6.96. The number of hydrogen-bond acceptors (Lipinski definition) is 6. The van der Waals surface area contributed by atoms with E-state index in [1.165, 1.54) is 12.3 Å². The maximum absolute atomic E-state index is 12.4.